The smallest absolute Gasteiger partial charge is 0.201 e. The fourth-order valence-electron chi connectivity index (χ4n) is 6.08. The molecule has 3 aromatic heterocycles. The highest BCUT2D eigenvalue weighted by molar-refractivity contribution is 5.81. The largest absolute Gasteiger partial charge is 0.382 e. The van der Waals surface area contributed by atoms with Crippen LogP contribution in [0.25, 0.3) is 22.2 Å². The van der Waals surface area contributed by atoms with Crippen molar-refractivity contribution in [1.82, 2.24) is 34.4 Å². The number of fused-ring (bicyclic) bond motifs is 3. The van der Waals surface area contributed by atoms with Gasteiger partial charge >= 0.3 is 0 Å². The SMILES string of the molecule is CC(C)N(CCCCNc1nc2ccc(C(C)(C)C)cc2[nH]1)CC1OC(n2cnc3c(N)ncnc32)C2OC(C)(C)OC12. The number of hydrogen-bond donors (Lipinski definition) is 3. The van der Waals surface area contributed by atoms with E-state index in [0.29, 0.717) is 23.0 Å². The molecule has 4 aromatic rings. The fourth-order valence-corrected chi connectivity index (χ4v) is 6.08. The van der Waals surface area contributed by atoms with Crippen LogP contribution in [0.2, 0.25) is 0 Å². The summed E-state index contributed by atoms with van der Waals surface area (Å²) >= 11 is 0. The maximum absolute atomic E-state index is 6.64. The Labute approximate surface area is 252 Å². The third-order valence-corrected chi connectivity index (χ3v) is 8.44. The molecule has 12 heteroatoms. The van der Waals surface area contributed by atoms with Crippen LogP contribution in [0.5, 0.6) is 0 Å². The van der Waals surface area contributed by atoms with Crippen molar-refractivity contribution >= 4 is 34.0 Å². The monoisotopic (exact) mass is 591 g/mol. The van der Waals surface area contributed by atoms with E-state index in [1.807, 2.05) is 18.4 Å². The molecule has 12 nitrogen and oxygen atoms in total. The lowest BCUT2D eigenvalue weighted by Gasteiger charge is -2.31. The summed E-state index contributed by atoms with van der Waals surface area (Å²) in [7, 11) is 0. The Morgan fingerprint density at radius 2 is 1.91 bits per heavy atom. The summed E-state index contributed by atoms with van der Waals surface area (Å²) in [4.78, 5) is 23.6. The van der Waals surface area contributed by atoms with Crippen molar-refractivity contribution in [3.8, 4) is 0 Å². The molecule has 2 fully saturated rings. The van der Waals surface area contributed by atoms with Crippen molar-refractivity contribution < 1.29 is 14.2 Å². The van der Waals surface area contributed by atoms with Crippen molar-refractivity contribution in [1.29, 1.82) is 0 Å². The first kappa shape index (κ1) is 29.7. The average molecular weight is 592 g/mol. The van der Waals surface area contributed by atoms with Gasteiger partial charge < -0.3 is 30.2 Å². The molecule has 4 atom stereocenters. The molecule has 232 valence electrons. The van der Waals surface area contributed by atoms with Crippen LogP contribution in [0.3, 0.4) is 0 Å². The quantitative estimate of drug-likeness (QED) is 0.224. The van der Waals surface area contributed by atoms with E-state index in [-0.39, 0.29) is 23.7 Å². The van der Waals surface area contributed by atoms with Crippen LogP contribution in [0.1, 0.15) is 73.1 Å². The molecule has 2 saturated heterocycles. The number of aromatic nitrogens is 6. The summed E-state index contributed by atoms with van der Waals surface area (Å²) in [6.07, 6.45) is 4.08. The van der Waals surface area contributed by atoms with Crippen molar-refractivity contribution in [2.75, 3.05) is 30.7 Å². The van der Waals surface area contributed by atoms with Gasteiger partial charge in [-0.1, -0.05) is 26.8 Å². The molecule has 1 aromatic carbocycles. The third-order valence-electron chi connectivity index (χ3n) is 8.44. The van der Waals surface area contributed by atoms with E-state index in [2.05, 4.69) is 83.0 Å². The molecule has 0 bridgehead atoms. The van der Waals surface area contributed by atoms with E-state index in [4.69, 9.17) is 24.9 Å². The van der Waals surface area contributed by atoms with Crippen LogP contribution < -0.4 is 11.1 Å². The van der Waals surface area contributed by atoms with Gasteiger partial charge in [0.2, 0.25) is 5.95 Å². The van der Waals surface area contributed by atoms with Crippen LogP contribution in [-0.4, -0.2) is 84.2 Å². The zero-order valence-electron chi connectivity index (χ0n) is 26.3. The molecule has 43 heavy (non-hydrogen) atoms. The highest BCUT2D eigenvalue weighted by atomic mass is 16.8. The minimum Gasteiger partial charge on any atom is -0.382 e. The van der Waals surface area contributed by atoms with E-state index in [1.54, 1.807) is 6.33 Å². The normalized spacial score (nSPS) is 23.7. The molecule has 5 heterocycles. The summed E-state index contributed by atoms with van der Waals surface area (Å²) in [5.41, 5.74) is 10.7. The Morgan fingerprint density at radius 3 is 2.67 bits per heavy atom. The van der Waals surface area contributed by atoms with Gasteiger partial charge in [-0.3, -0.25) is 9.47 Å². The topological polar surface area (TPSA) is 141 Å². The molecular formula is C31H45N9O3. The van der Waals surface area contributed by atoms with E-state index < -0.39 is 12.0 Å². The van der Waals surface area contributed by atoms with Gasteiger partial charge in [0.25, 0.3) is 0 Å². The highest BCUT2D eigenvalue weighted by Crippen LogP contribution is 2.44. The van der Waals surface area contributed by atoms with Gasteiger partial charge in [0.15, 0.2) is 23.5 Å². The molecule has 4 unspecified atom stereocenters. The maximum atomic E-state index is 6.64. The third kappa shape index (κ3) is 6.06. The minimum absolute atomic E-state index is 0.102. The summed E-state index contributed by atoms with van der Waals surface area (Å²) in [5, 5.41) is 3.47. The van der Waals surface area contributed by atoms with E-state index in [1.165, 1.54) is 11.9 Å². The molecule has 4 N–H and O–H groups in total. The van der Waals surface area contributed by atoms with E-state index >= 15 is 0 Å². The molecule has 2 aliphatic rings. The standard InChI is InChI=1S/C31H45N9O3/c1-18(2)39(13-9-8-12-33-29-37-20-11-10-19(30(3,4)5)14-21(20)38-29)15-22-24-25(43-31(6,7)42-24)28(41-22)40-17-36-23-26(32)34-16-35-27(23)40/h10-11,14,16-18,22,24-25,28H,8-9,12-13,15H2,1-7H3,(H2,32,34,35)(H2,33,37,38). The predicted molar refractivity (Wildman–Crippen MR) is 167 cm³/mol. The van der Waals surface area contributed by atoms with Crippen LogP contribution in [0.4, 0.5) is 11.8 Å². The van der Waals surface area contributed by atoms with Crippen molar-refractivity contribution in [2.24, 2.45) is 0 Å². The number of nitrogens with two attached hydrogens (primary N) is 1. The number of imidazole rings is 2. The number of benzene rings is 1. The van der Waals surface area contributed by atoms with Gasteiger partial charge in [0.1, 0.15) is 30.2 Å². The number of nitrogen functional groups attached to an aromatic ring is 1. The molecular weight excluding hydrogens is 546 g/mol. The first-order chi connectivity index (χ1) is 20.4. The molecule has 6 rings (SSSR count). The number of aromatic amines is 1. The molecule has 0 aliphatic carbocycles. The van der Waals surface area contributed by atoms with Gasteiger partial charge in [-0.15, -0.1) is 0 Å². The summed E-state index contributed by atoms with van der Waals surface area (Å²) in [6.45, 7) is 17.5. The fraction of sp³-hybridized carbons (Fsp3) is 0.613. The number of nitrogens with zero attached hydrogens (tertiary/aromatic N) is 6. The van der Waals surface area contributed by atoms with Gasteiger partial charge in [0, 0.05) is 19.1 Å². The number of unbranched alkanes of at least 4 members (excludes halogenated alkanes) is 1. The molecule has 0 saturated carbocycles. The Kier molecular flexibility index (Phi) is 7.82. The van der Waals surface area contributed by atoms with Crippen LogP contribution in [0, 0.1) is 0 Å². The first-order valence-corrected chi connectivity index (χ1v) is 15.3. The van der Waals surface area contributed by atoms with Crippen LogP contribution in [0.15, 0.2) is 30.9 Å². The van der Waals surface area contributed by atoms with Crippen LogP contribution in [-0.2, 0) is 19.6 Å². The number of H-pyrrole nitrogens is 1. The number of nitrogens with one attached hydrogen (secondary N) is 2. The van der Waals surface area contributed by atoms with Gasteiger partial charge in [0.05, 0.1) is 17.4 Å². The summed E-state index contributed by atoms with van der Waals surface area (Å²) < 4.78 is 21.3. The second kappa shape index (κ2) is 11.3. The second-order valence-electron chi connectivity index (χ2n) is 13.5. The first-order valence-electron chi connectivity index (χ1n) is 15.3. The Balaban J connectivity index is 1.07. The number of anilines is 2. The summed E-state index contributed by atoms with van der Waals surface area (Å²) in [5.74, 6) is 0.451. The second-order valence-corrected chi connectivity index (χ2v) is 13.5. The molecule has 2 aliphatic heterocycles. The van der Waals surface area contributed by atoms with Crippen molar-refractivity contribution in [2.45, 2.75) is 103 Å². The molecule has 0 amide bonds. The average Bonchev–Trinajstić information content (AvgIpc) is 3.68. The molecule has 0 radical (unpaired) electrons. The Morgan fingerprint density at radius 1 is 1.12 bits per heavy atom. The Hall–Kier alpha value is -3.32. The van der Waals surface area contributed by atoms with Crippen molar-refractivity contribution in [3.05, 3.63) is 36.4 Å². The number of hydrogen-bond acceptors (Lipinski definition) is 10. The number of rotatable bonds is 10. The predicted octanol–water partition coefficient (Wildman–Crippen LogP) is 4.60. The lowest BCUT2D eigenvalue weighted by atomic mass is 9.87. The highest BCUT2D eigenvalue weighted by Gasteiger charge is 2.56. The van der Waals surface area contributed by atoms with Gasteiger partial charge in [-0.25, -0.2) is 19.9 Å². The zero-order chi connectivity index (χ0) is 30.5. The van der Waals surface area contributed by atoms with Gasteiger partial charge in [-0.2, -0.15) is 0 Å². The Bertz CT molecular complexity index is 1570. The van der Waals surface area contributed by atoms with E-state index in [0.717, 1.165) is 49.5 Å². The van der Waals surface area contributed by atoms with E-state index in [9.17, 15) is 0 Å². The minimum atomic E-state index is -0.709. The van der Waals surface area contributed by atoms with Gasteiger partial charge in [-0.05, 0) is 70.2 Å². The van der Waals surface area contributed by atoms with Crippen molar-refractivity contribution in [3.63, 3.8) is 0 Å². The number of ether oxygens (including phenoxy) is 3. The lowest BCUT2D eigenvalue weighted by molar-refractivity contribution is -0.198. The lowest BCUT2D eigenvalue weighted by Crippen LogP contribution is -2.43. The maximum Gasteiger partial charge on any atom is 0.201 e. The zero-order valence-corrected chi connectivity index (χ0v) is 26.3. The van der Waals surface area contributed by atoms with Crippen LogP contribution >= 0.6 is 0 Å². The summed E-state index contributed by atoms with van der Waals surface area (Å²) in [6, 6.07) is 6.81. The molecule has 0 spiro atoms.